The number of nitrogens with zero attached hydrogens (tertiary/aromatic N) is 1. The minimum absolute atomic E-state index is 0.0292. The molecule has 1 fully saturated rings. The number of likely N-dealkylation sites (tertiary alicyclic amines) is 1. The van der Waals surface area contributed by atoms with E-state index in [1.54, 1.807) is 21.3 Å². The Morgan fingerprint density at radius 1 is 0.902 bits per heavy atom. The lowest BCUT2D eigenvalue weighted by Gasteiger charge is -2.32. The lowest BCUT2D eigenvalue weighted by Crippen LogP contribution is -2.44. The number of methoxy groups -OCH3 is 3. The van der Waals surface area contributed by atoms with E-state index < -0.39 is 0 Å². The number of hydrogen-bond acceptors (Lipinski definition) is 8. The van der Waals surface area contributed by atoms with Gasteiger partial charge in [-0.15, -0.1) is 0 Å². The molecule has 4 aromatic rings. The molecule has 0 saturated carbocycles. The van der Waals surface area contributed by atoms with Gasteiger partial charge in [0.15, 0.2) is 23.0 Å². The summed E-state index contributed by atoms with van der Waals surface area (Å²) in [6.45, 7) is 2.79. The number of rotatable bonds is 9. The second kappa shape index (κ2) is 11.6. The summed E-state index contributed by atoms with van der Waals surface area (Å²) in [6.07, 6.45) is 1.96. The normalized spacial score (nSPS) is 15.2. The third-order valence-corrected chi connectivity index (χ3v) is 7.78. The van der Waals surface area contributed by atoms with Crippen LogP contribution >= 0.6 is 0 Å². The van der Waals surface area contributed by atoms with Crippen LogP contribution in [0.15, 0.2) is 59.0 Å². The molecule has 0 aliphatic carbocycles. The zero-order valence-corrected chi connectivity index (χ0v) is 23.5. The van der Waals surface area contributed by atoms with Gasteiger partial charge in [-0.3, -0.25) is 9.69 Å². The molecule has 0 unspecified atom stereocenters. The Balaban J connectivity index is 1.14. The number of carbonyl (C=O) groups is 1. The number of benzene rings is 3. The Labute approximate surface area is 238 Å². The molecule has 3 aromatic carbocycles. The fraction of sp³-hybridized carbons (Fsp3) is 0.344. The summed E-state index contributed by atoms with van der Waals surface area (Å²) in [6, 6.07) is 17.5. The summed E-state index contributed by atoms with van der Waals surface area (Å²) in [5.41, 5.74) is 3.53. The van der Waals surface area contributed by atoms with E-state index in [1.807, 2.05) is 48.5 Å². The zero-order valence-electron chi connectivity index (χ0n) is 23.5. The predicted octanol–water partition coefficient (Wildman–Crippen LogP) is 5.18. The van der Waals surface area contributed by atoms with Gasteiger partial charge in [-0.25, -0.2) is 0 Å². The fourth-order valence-electron chi connectivity index (χ4n) is 5.60. The van der Waals surface area contributed by atoms with Gasteiger partial charge in [0, 0.05) is 48.3 Å². The van der Waals surface area contributed by atoms with Gasteiger partial charge in [-0.1, -0.05) is 6.07 Å². The summed E-state index contributed by atoms with van der Waals surface area (Å²) < 4.78 is 33.6. The van der Waals surface area contributed by atoms with Crippen LogP contribution in [0.1, 0.15) is 24.0 Å². The summed E-state index contributed by atoms with van der Waals surface area (Å²) in [5.74, 6) is 4.14. The molecule has 9 nitrogen and oxygen atoms in total. The highest BCUT2D eigenvalue weighted by atomic mass is 16.7. The van der Waals surface area contributed by atoms with E-state index >= 15 is 0 Å². The number of carbonyl (C=O) groups excluding carboxylic acids is 1. The molecule has 214 valence electrons. The molecule has 3 heterocycles. The Bertz CT molecular complexity index is 1540. The zero-order chi connectivity index (χ0) is 28.3. The quantitative estimate of drug-likeness (QED) is 0.301. The van der Waals surface area contributed by atoms with E-state index in [0.717, 1.165) is 66.2 Å². The van der Waals surface area contributed by atoms with Crippen molar-refractivity contribution in [1.82, 2.24) is 10.2 Å². The van der Waals surface area contributed by atoms with Gasteiger partial charge in [0.1, 0.15) is 17.1 Å². The molecule has 0 spiro atoms. The highest BCUT2D eigenvalue weighted by Gasteiger charge is 2.26. The third kappa shape index (κ3) is 5.63. The maximum Gasteiger partial charge on any atom is 0.231 e. The maximum absolute atomic E-state index is 13.4. The average molecular weight is 559 g/mol. The third-order valence-electron chi connectivity index (χ3n) is 7.78. The molecule has 1 saturated heterocycles. The lowest BCUT2D eigenvalue weighted by molar-refractivity contribution is -0.121. The number of amides is 1. The predicted molar refractivity (Wildman–Crippen MR) is 154 cm³/mol. The summed E-state index contributed by atoms with van der Waals surface area (Å²) in [4.78, 5) is 15.8. The van der Waals surface area contributed by atoms with Crippen molar-refractivity contribution in [2.75, 3.05) is 41.2 Å². The highest BCUT2D eigenvalue weighted by molar-refractivity contribution is 5.95. The molecular formula is C32H34N2O7. The minimum Gasteiger partial charge on any atom is -0.497 e. The highest BCUT2D eigenvalue weighted by Crippen LogP contribution is 2.42. The van der Waals surface area contributed by atoms with Crippen molar-refractivity contribution in [3.63, 3.8) is 0 Å². The Hall–Kier alpha value is -4.37. The number of furan rings is 1. The molecule has 0 bridgehead atoms. The van der Waals surface area contributed by atoms with Crippen molar-refractivity contribution < 1.29 is 32.9 Å². The standard InChI is InChI=1S/C32H34N2O7/c1-36-23-7-5-21(6-8-23)32-25(24-15-29-30(40-19-39-29)17-27(24)41-32)16-31(35)33-22-10-12-34(13-11-22)18-20-4-9-26(37-2)28(14-20)38-3/h4-9,14-15,17,22H,10-13,16,18-19H2,1-3H3,(H,33,35). The van der Waals surface area contributed by atoms with Gasteiger partial charge in [-0.05, 0) is 60.9 Å². The van der Waals surface area contributed by atoms with E-state index in [-0.39, 0.29) is 25.2 Å². The van der Waals surface area contributed by atoms with Gasteiger partial charge in [-0.2, -0.15) is 0 Å². The second-order valence-corrected chi connectivity index (χ2v) is 10.3. The molecule has 0 radical (unpaired) electrons. The molecule has 2 aliphatic heterocycles. The van der Waals surface area contributed by atoms with Gasteiger partial charge in [0.25, 0.3) is 0 Å². The van der Waals surface area contributed by atoms with Gasteiger partial charge in [0.2, 0.25) is 12.7 Å². The number of piperidine rings is 1. The Morgan fingerprint density at radius 3 is 2.34 bits per heavy atom. The van der Waals surface area contributed by atoms with Crippen molar-refractivity contribution in [3.8, 4) is 40.1 Å². The SMILES string of the molecule is COc1ccc(-c2oc3cc4c(cc3c2CC(=O)NC2CCN(Cc3ccc(OC)c(OC)c3)CC2)OCO4)cc1. The molecule has 9 heteroatoms. The van der Waals surface area contributed by atoms with Crippen LogP contribution in [0.4, 0.5) is 0 Å². The molecule has 41 heavy (non-hydrogen) atoms. The molecule has 0 atom stereocenters. The van der Waals surface area contributed by atoms with E-state index in [4.69, 9.17) is 28.1 Å². The molecule has 1 N–H and O–H groups in total. The maximum atomic E-state index is 13.4. The van der Waals surface area contributed by atoms with Crippen LogP contribution in [0.2, 0.25) is 0 Å². The molecule has 1 aromatic heterocycles. The first-order chi connectivity index (χ1) is 20.0. The number of ether oxygens (including phenoxy) is 5. The van der Waals surface area contributed by atoms with E-state index in [9.17, 15) is 4.79 Å². The second-order valence-electron chi connectivity index (χ2n) is 10.3. The first kappa shape index (κ1) is 26.8. The number of nitrogens with one attached hydrogen (secondary N) is 1. The van der Waals surface area contributed by atoms with E-state index in [1.165, 1.54) is 5.56 Å². The molecule has 1 amide bonds. The monoisotopic (exact) mass is 558 g/mol. The van der Waals surface area contributed by atoms with Crippen molar-refractivity contribution in [1.29, 1.82) is 0 Å². The smallest absolute Gasteiger partial charge is 0.231 e. The van der Waals surface area contributed by atoms with Crippen LogP contribution in [0.5, 0.6) is 28.7 Å². The fourth-order valence-corrected chi connectivity index (χ4v) is 5.60. The van der Waals surface area contributed by atoms with Crippen LogP contribution < -0.4 is 29.0 Å². The molecule has 6 rings (SSSR count). The van der Waals surface area contributed by atoms with Gasteiger partial charge < -0.3 is 33.4 Å². The van der Waals surface area contributed by atoms with Crippen molar-refractivity contribution >= 4 is 16.9 Å². The van der Waals surface area contributed by atoms with Crippen molar-refractivity contribution in [3.05, 3.63) is 65.7 Å². The summed E-state index contributed by atoms with van der Waals surface area (Å²) >= 11 is 0. The summed E-state index contributed by atoms with van der Waals surface area (Å²) in [5, 5.41) is 4.12. The average Bonchev–Trinajstić information content (AvgIpc) is 3.60. The van der Waals surface area contributed by atoms with Crippen molar-refractivity contribution in [2.24, 2.45) is 0 Å². The molecular weight excluding hydrogens is 524 g/mol. The molecule has 2 aliphatic rings. The Morgan fingerprint density at radius 2 is 1.63 bits per heavy atom. The van der Waals surface area contributed by atoms with Crippen LogP contribution in [0.25, 0.3) is 22.3 Å². The number of hydrogen-bond donors (Lipinski definition) is 1. The first-order valence-corrected chi connectivity index (χ1v) is 13.8. The van der Waals surface area contributed by atoms with Crippen LogP contribution in [0, 0.1) is 0 Å². The van der Waals surface area contributed by atoms with Gasteiger partial charge in [0.05, 0.1) is 27.8 Å². The van der Waals surface area contributed by atoms with E-state index in [2.05, 4.69) is 16.3 Å². The minimum atomic E-state index is -0.0292. The summed E-state index contributed by atoms with van der Waals surface area (Å²) in [7, 11) is 4.92. The Kier molecular flexibility index (Phi) is 7.61. The van der Waals surface area contributed by atoms with Crippen LogP contribution in [-0.2, 0) is 17.8 Å². The van der Waals surface area contributed by atoms with Gasteiger partial charge >= 0.3 is 0 Å². The first-order valence-electron chi connectivity index (χ1n) is 13.8. The largest absolute Gasteiger partial charge is 0.497 e. The topological polar surface area (TPSA) is 91.6 Å². The van der Waals surface area contributed by atoms with Crippen molar-refractivity contribution in [2.45, 2.75) is 31.8 Å². The number of fused-ring (bicyclic) bond motifs is 2. The van der Waals surface area contributed by atoms with E-state index in [0.29, 0.717) is 22.8 Å². The lowest BCUT2D eigenvalue weighted by atomic mass is 10.0. The van der Waals surface area contributed by atoms with Crippen LogP contribution in [-0.4, -0.2) is 58.1 Å². The van der Waals surface area contributed by atoms with Crippen LogP contribution in [0.3, 0.4) is 0 Å².